The highest BCUT2D eigenvalue weighted by Crippen LogP contribution is 2.35. The molecule has 0 aliphatic heterocycles. The Morgan fingerprint density at radius 1 is 1.30 bits per heavy atom. The van der Waals surface area contributed by atoms with Crippen LogP contribution in [0.25, 0.3) is 20.7 Å². The molecule has 1 atom stereocenters. The van der Waals surface area contributed by atoms with Crippen molar-refractivity contribution in [2.24, 2.45) is 0 Å². The second-order valence-corrected chi connectivity index (χ2v) is 9.62. The summed E-state index contributed by atoms with van der Waals surface area (Å²) in [6, 6.07) is 9.69. The van der Waals surface area contributed by atoms with Gasteiger partial charge in [-0.05, 0) is 43.5 Å². The largest absolute Gasteiger partial charge is 0.325 e. The molecule has 0 saturated heterocycles. The van der Waals surface area contributed by atoms with Gasteiger partial charge in [0, 0.05) is 28.1 Å². The quantitative estimate of drug-likeness (QED) is 0.307. The van der Waals surface area contributed by atoms with E-state index in [0.717, 1.165) is 10.4 Å². The van der Waals surface area contributed by atoms with Gasteiger partial charge in [0.15, 0.2) is 5.16 Å². The Bertz CT molecular complexity index is 1260. The number of anilines is 1. The third kappa shape index (κ3) is 4.05. The maximum atomic E-state index is 13.4. The summed E-state index contributed by atoms with van der Waals surface area (Å²) in [6.45, 7) is 4.07. The fourth-order valence-corrected chi connectivity index (χ4v) is 5.78. The van der Waals surface area contributed by atoms with Crippen LogP contribution < -0.4 is 10.9 Å². The molecule has 3 aromatic heterocycles. The van der Waals surface area contributed by atoms with Gasteiger partial charge in [-0.3, -0.25) is 14.2 Å². The first-order valence-corrected chi connectivity index (χ1v) is 11.9. The average molecular weight is 460 g/mol. The predicted molar refractivity (Wildman–Crippen MR) is 123 cm³/mol. The Hall–Kier alpha value is -2.49. The lowest BCUT2D eigenvalue weighted by atomic mass is 10.2. The molecule has 0 bridgehead atoms. The van der Waals surface area contributed by atoms with Crippen molar-refractivity contribution in [1.82, 2.24) is 9.55 Å². The van der Waals surface area contributed by atoms with E-state index >= 15 is 0 Å². The number of nitrogens with zero attached hydrogens (tertiary/aromatic N) is 2. The minimum atomic E-state index is -0.521. The molecule has 154 valence electrons. The Labute approximate surface area is 184 Å². The van der Waals surface area contributed by atoms with Gasteiger partial charge in [0.05, 0.1) is 10.6 Å². The number of aromatic nitrogens is 2. The summed E-state index contributed by atoms with van der Waals surface area (Å²) in [7, 11) is 0. The van der Waals surface area contributed by atoms with E-state index in [0.29, 0.717) is 27.6 Å². The molecule has 1 unspecified atom stereocenters. The molecule has 3 heterocycles. The molecule has 1 amide bonds. The second-order valence-electron chi connectivity index (χ2n) is 6.51. The number of amides is 1. The minimum absolute atomic E-state index is 0.104. The molecule has 4 rings (SSSR count). The number of carbonyl (C=O) groups excluding carboxylic acids is 1. The molecule has 0 fully saturated rings. The van der Waals surface area contributed by atoms with Crippen LogP contribution in [0.1, 0.15) is 13.8 Å². The lowest BCUT2D eigenvalue weighted by molar-refractivity contribution is -0.115. The topological polar surface area (TPSA) is 64.0 Å². The van der Waals surface area contributed by atoms with Crippen LogP contribution in [0, 0.1) is 5.82 Å². The Balaban J connectivity index is 1.64. The van der Waals surface area contributed by atoms with Crippen molar-refractivity contribution in [2.75, 3.05) is 5.32 Å². The van der Waals surface area contributed by atoms with Crippen molar-refractivity contribution in [3.63, 3.8) is 0 Å². The van der Waals surface area contributed by atoms with Crippen molar-refractivity contribution in [3.8, 4) is 10.4 Å². The van der Waals surface area contributed by atoms with Crippen molar-refractivity contribution < 1.29 is 9.18 Å². The number of fused-ring (bicyclic) bond motifs is 1. The fraction of sp³-hybridized carbons (Fsp3) is 0.190. The predicted octanol–water partition coefficient (Wildman–Crippen LogP) is 5.46. The summed E-state index contributed by atoms with van der Waals surface area (Å²) in [6.07, 6.45) is 0. The number of halogens is 1. The number of thiophene rings is 2. The van der Waals surface area contributed by atoms with Crippen LogP contribution in [0.4, 0.5) is 10.1 Å². The normalized spacial score (nSPS) is 12.2. The fourth-order valence-electron chi connectivity index (χ4n) is 3.01. The van der Waals surface area contributed by atoms with Crippen LogP contribution in [-0.2, 0) is 11.3 Å². The van der Waals surface area contributed by atoms with E-state index in [1.165, 1.54) is 41.3 Å². The van der Waals surface area contributed by atoms with Crippen LogP contribution in [0.15, 0.2) is 57.1 Å². The molecule has 30 heavy (non-hydrogen) atoms. The Morgan fingerprint density at radius 2 is 2.13 bits per heavy atom. The van der Waals surface area contributed by atoms with Gasteiger partial charge in [-0.25, -0.2) is 9.37 Å². The molecule has 0 radical (unpaired) electrons. The Morgan fingerprint density at radius 3 is 2.83 bits per heavy atom. The number of carbonyl (C=O) groups is 1. The summed E-state index contributed by atoms with van der Waals surface area (Å²) in [5, 5.41) is 7.23. The average Bonchev–Trinajstić information content (AvgIpc) is 3.37. The molecule has 4 aromatic rings. The summed E-state index contributed by atoms with van der Waals surface area (Å²) >= 11 is 4.23. The van der Waals surface area contributed by atoms with E-state index in [4.69, 9.17) is 0 Å². The van der Waals surface area contributed by atoms with Crippen LogP contribution in [0.5, 0.6) is 0 Å². The first kappa shape index (κ1) is 20.8. The van der Waals surface area contributed by atoms with Crippen molar-refractivity contribution >= 4 is 56.2 Å². The van der Waals surface area contributed by atoms with Gasteiger partial charge in [0.2, 0.25) is 5.91 Å². The number of hydrogen-bond acceptors (Lipinski definition) is 6. The molecule has 0 aliphatic rings. The maximum Gasteiger partial charge on any atom is 0.263 e. The van der Waals surface area contributed by atoms with Crippen LogP contribution in [0.2, 0.25) is 0 Å². The maximum absolute atomic E-state index is 13.4. The van der Waals surface area contributed by atoms with Gasteiger partial charge in [-0.1, -0.05) is 23.9 Å². The zero-order valence-electron chi connectivity index (χ0n) is 16.2. The number of rotatable bonds is 6. The summed E-state index contributed by atoms with van der Waals surface area (Å²) in [4.78, 5) is 32.2. The van der Waals surface area contributed by atoms with Gasteiger partial charge in [0.1, 0.15) is 10.6 Å². The molecule has 5 nitrogen and oxygen atoms in total. The van der Waals surface area contributed by atoms with Gasteiger partial charge in [-0.2, -0.15) is 0 Å². The smallest absolute Gasteiger partial charge is 0.263 e. The number of thioether (sulfide) groups is 1. The summed E-state index contributed by atoms with van der Waals surface area (Å²) < 4.78 is 15.0. The van der Waals surface area contributed by atoms with Gasteiger partial charge >= 0.3 is 0 Å². The standard InChI is InChI=1S/C21H18FN3O2S3/c1-3-25-20(27)17-15(16-8-5-9-28-16)11-29-19(17)24-21(25)30-12(2)18(26)23-14-7-4-6-13(22)10-14/h4-12H,3H2,1-2H3,(H,23,26). The van der Waals surface area contributed by atoms with Crippen LogP contribution in [0.3, 0.4) is 0 Å². The summed E-state index contributed by atoms with van der Waals surface area (Å²) in [5.41, 5.74) is 1.19. The van der Waals surface area contributed by atoms with Gasteiger partial charge < -0.3 is 5.32 Å². The highest BCUT2D eigenvalue weighted by atomic mass is 32.2. The van der Waals surface area contributed by atoms with Crippen molar-refractivity contribution in [3.05, 3.63) is 63.3 Å². The molecule has 1 N–H and O–H groups in total. The molecular formula is C21H18FN3O2S3. The zero-order valence-corrected chi connectivity index (χ0v) is 18.7. The lowest BCUT2D eigenvalue weighted by Crippen LogP contribution is -2.26. The highest BCUT2D eigenvalue weighted by molar-refractivity contribution is 8.00. The van der Waals surface area contributed by atoms with E-state index in [2.05, 4.69) is 10.3 Å². The molecule has 9 heteroatoms. The van der Waals surface area contributed by atoms with Crippen LogP contribution in [-0.4, -0.2) is 20.7 Å². The molecule has 0 saturated carbocycles. The zero-order chi connectivity index (χ0) is 21.3. The third-order valence-electron chi connectivity index (χ3n) is 4.51. The SMILES string of the molecule is CCn1c(SC(C)C(=O)Nc2cccc(F)c2)nc2scc(-c3cccs3)c2c1=O. The minimum Gasteiger partial charge on any atom is -0.325 e. The lowest BCUT2D eigenvalue weighted by Gasteiger charge is -2.15. The monoisotopic (exact) mass is 459 g/mol. The molecule has 0 aliphatic carbocycles. The van der Waals surface area contributed by atoms with Crippen LogP contribution >= 0.6 is 34.4 Å². The van der Waals surface area contributed by atoms with E-state index in [-0.39, 0.29) is 11.5 Å². The number of hydrogen-bond donors (Lipinski definition) is 1. The number of nitrogens with one attached hydrogen (secondary N) is 1. The van der Waals surface area contributed by atoms with E-state index in [1.54, 1.807) is 28.9 Å². The second kappa shape index (κ2) is 8.71. The Kier molecular flexibility index (Phi) is 6.03. The number of benzene rings is 1. The first-order valence-electron chi connectivity index (χ1n) is 9.27. The molecule has 0 spiro atoms. The molecule has 1 aromatic carbocycles. The van der Waals surface area contributed by atoms with Gasteiger partial charge in [-0.15, -0.1) is 22.7 Å². The van der Waals surface area contributed by atoms with Gasteiger partial charge in [0.25, 0.3) is 5.56 Å². The third-order valence-corrected chi connectivity index (χ3v) is 7.37. The first-order chi connectivity index (χ1) is 14.5. The van der Waals surface area contributed by atoms with Crippen molar-refractivity contribution in [1.29, 1.82) is 0 Å². The van der Waals surface area contributed by atoms with E-state index in [9.17, 15) is 14.0 Å². The van der Waals surface area contributed by atoms with Crippen molar-refractivity contribution in [2.45, 2.75) is 30.8 Å². The highest BCUT2D eigenvalue weighted by Gasteiger charge is 2.21. The molecular weight excluding hydrogens is 441 g/mol. The summed E-state index contributed by atoms with van der Waals surface area (Å²) in [5.74, 6) is -0.702. The van der Waals surface area contributed by atoms with E-state index < -0.39 is 11.1 Å². The van der Waals surface area contributed by atoms with E-state index in [1.807, 2.05) is 29.8 Å².